The largest absolute Gasteiger partial charge is 0.477 e. The minimum Gasteiger partial charge on any atom is -0.477 e. The first-order chi connectivity index (χ1) is 10.3. The number of ketones is 1. The van der Waals surface area contributed by atoms with E-state index in [1.165, 1.54) is 0 Å². The predicted molar refractivity (Wildman–Crippen MR) is 66.0 cm³/mol. The van der Waals surface area contributed by atoms with Gasteiger partial charge in [0.2, 0.25) is 5.78 Å². The lowest BCUT2D eigenvalue weighted by molar-refractivity contribution is -0.132. The van der Waals surface area contributed by atoms with Crippen LogP contribution in [0.5, 0.6) is 0 Å². The first-order valence-corrected chi connectivity index (χ1v) is 5.96. The van der Waals surface area contributed by atoms with Crippen molar-refractivity contribution in [3.8, 4) is 0 Å². The third kappa shape index (κ3) is 3.82. The standard InChI is InChI=1S/C13H11F4NO4/c14-8-4-6(9(15)11(17)10(8)16)12(20)7(13(21)22)5-18-2-1-3-19/h4-5,18-19H,1-3H2,(H,21,22)/b7-5-. The Bertz CT molecular complexity index is 631. The molecule has 0 atom stereocenters. The van der Waals surface area contributed by atoms with E-state index in [0.29, 0.717) is 6.20 Å². The molecule has 9 heteroatoms. The number of aliphatic hydroxyl groups excluding tert-OH is 1. The van der Waals surface area contributed by atoms with Crippen molar-refractivity contribution in [1.29, 1.82) is 0 Å². The number of Topliss-reactive ketones (excluding diaryl/α,β-unsaturated/α-hetero) is 1. The highest BCUT2D eigenvalue weighted by molar-refractivity contribution is 6.23. The van der Waals surface area contributed by atoms with Gasteiger partial charge in [-0.1, -0.05) is 0 Å². The fourth-order valence-electron chi connectivity index (χ4n) is 1.46. The summed E-state index contributed by atoms with van der Waals surface area (Å²) in [4.78, 5) is 22.8. The summed E-state index contributed by atoms with van der Waals surface area (Å²) >= 11 is 0. The van der Waals surface area contributed by atoms with E-state index in [-0.39, 0.29) is 25.6 Å². The van der Waals surface area contributed by atoms with Crippen LogP contribution in [0.25, 0.3) is 0 Å². The minimum absolute atomic E-state index is 0.0839. The monoisotopic (exact) mass is 321 g/mol. The second-order valence-corrected chi connectivity index (χ2v) is 4.07. The summed E-state index contributed by atoms with van der Waals surface area (Å²) in [5, 5.41) is 19.8. The number of carbonyl (C=O) groups is 2. The molecule has 0 unspecified atom stereocenters. The predicted octanol–water partition coefficient (Wildman–Crippen LogP) is 1.37. The van der Waals surface area contributed by atoms with E-state index in [1.54, 1.807) is 0 Å². The van der Waals surface area contributed by atoms with Gasteiger partial charge in [0.05, 0.1) is 5.56 Å². The van der Waals surface area contributed by atoms with Gasteiger partial charge in [-0.3, -0.25) is 4.79 Å². The summed E-state index contributed by atoms with van der Waals surface area (Å²) in [6, 6.07) is 0.0839. The molecule has 0 amide bonds. The van der Waals surface area contributed by atoms with Crippen molar-refractivity contribution in [1.82, 2.24) is 5.32 Å². The smallest absolute Gasteiger partial charge is 0.341 e. The van der Waals surface area contributed by atoms with Gasteiger partial charge in [0, 0.05) is 19.4 Å². The molecule has 0 bridgehead atoms. The number of aliphatic hydroxyl groups is 1. The number of nitrogens with one attached hydrogen (secondary N) is 1. The van der Waals surface area contributed by atoms with Crippen molar-refractivity contribution < 1.29 is 37.4 Å². The van der Waals surface area contributed by atoms with E-state index < -0.39 is 46.2 Å². The second-order valence-electron chi connectivity index (χ2n) is 4.07. The third-order valence-corrected chi connectivity index (χ3v) is 2.55. The lowest BCUT2D eigenvalue weighted by Crippen LogP contribution is -2.20. The third-order valence-electron chi connectivity index (χ3n) is 2.55. The fourth-order valence-corrected chi connectivity index (χ4v) is 1.46. The molecule has 0 fully saturated rings. The van der Waals surface area contributed by atoms with Crippen LogP contribution in [0.3, 0.4) is 0 Å². The number of hydrogen-bond acceptors (Lipinski definition) is 4. The molecular weight excluding hydrogens is 310 g/mol. The summed E-state index contributed by atoms with van der Waals surface area (Å²) < 4.78 is 52.4. The molecule has 5 nitrogen and oxygen atoms in total. The molecule has 0 aliphatic rings. The van der Waals surface area contributed by atoms with Gasteiger partial charge in [0.25, 0.3) is 0 Å². The second kappa shape index (κ2) is 7.55. The molecule has 22 heavy (non-hydrogen) atoms. The van der Waals surface area contributed by atoms with Crippen LogP contribution in [0.15, 0.2) is 17.8 Å². The Morgan fingerprint density at radius 3 is 2.32 bits per heavy atom. The summed E-state index contributed by atoms with van der Waals surface area (Å²) in [5.74, 6) is -11.4. The maximum Gasteiger partial charge on any atom is 0.341 e. The van der Waals surface area contributed by atoms with Crippen LogP contribution in [0.2, 0.25) is 0 Å². The lowest BCUT2D eigenvalue weighted by atomic mass is 10.0. The number of rotatable bonds is 7. The molecule has 0 saturated carbocycles. The molecule has 1 aromatic rings. The molecule has 3 N–H and O–H groups in total. The normalized spacial score (nSPS) is 11.4. The number of carboxylic acid groups (broad SMARTS) is 1. The van der Waals surface area contributed by atoms with Crippen LogP contribution < -0.4 is 5.32 Å². The Hall–Kier alpha value is -2.42. The Labute approximate surface area is 121 Å². The first kappa shape index (κ1) is 17.6. The van der Waals surface area contributed by atoms with E-state index in [4.69, 9.17) is 10.2 Å². The van der Waals surface area contributed by atoms with Crippen molar-refractivity contribution >= 4 is 11.8 Å². The van der Waals surface area contributed by atoms with Gasteiger partial charge in [-0.2, -0.15) is 0 Å². The molecule has 0 spiro atoms. The van der Waals surface area contributed by atoms with Crippen molar-refractivity contribution in [2.45, 2.75) is 6.42 Å². The van der Waals surface area contributed by atoms with Crippen molar-refractivity contribution in [2.75, 3.05) is 13.2 Å². The molecular formula is C13H11F4NO4. The number of benzene rings is 1. The van der Waals surface area contributed by atoms with E-state index in [2.05, 4.69) is 5.32 Å². The number of carbonyl (C=O) groups excluding carboxylic acids is 1. The van der Waals surface area contributed by atoms with Gasteiger partial charge in [0.1, 0.15) is 5.57 Å². The van der Waals surface area contributed by atoms with E-state index in [9.17, 15) is 27.2 Å². The molecule has 0 aliphatic carbocycles. The van der Waals surface area contributed by atoms with E-state index in [0.717, 1.165) is 0 Å². The van der Waals surface area contributed by atoms with Crippen LogP contribution in [0, 0.1) is 23.3 Å². The topological polar surface area (TPSA) is 86.6 Å². The summed E-state index contributed by atoms with van der Waals surface area (Å²) in [6.45, 7) is -0.0879. The van der Waals surface area contributed by atoms with Crippen LogP contribution in [0.4, 0.5) is 17.6 Å². The zero-order valence-electron chi connectivity index (χ0n) is 11.0. The maximum atomic E-state index is 13.5. The van der Waals surface area contributed by atoms with Gasteiger partial charge >= 0.3 is 5.97 Å². The molecule has 0 heterocycles. The molecule has 0 radical (unpaired) electrons. The molecule has 0 aliphatic heterocycles. The average molecular weight is 321 g/mol. The SMILES string of the molecule is O=C(O)/C(=C\NCCCO)C(=O)c1cc(F)c(F)c(F)c1F. The van der Waals surface area contributed by atoms with E-state index >= 15 is 0 Å². The van der Waals surface area contributed by atoms with Crippen LogP contribution in [0.1, 0.15) is 16.8 Å². The highest BCUT2D eigenvalue weighted by atomic mass is 19.2. The Morgan fingerprint density at radius 2 is 1.77 bits per heavy atom. The Balaban J connectivity index is 3.18. The maximum absolute atomic E-state index is 13.5. The number of aliphatic carboxylic acids is 1. The highest BCUT2D eigenvalue weighted by Gasteiger charge is 2.27. The zero-order valence-corrected chi connectivity index (χ0v) is 11.0. The van der Waals surface area contributed by atoms with Gasteiger partial charge in [-0.25, -0.2) is 22.4 Å². The van der Waals surface area contributed by atoms with Gasteiger partial charge in [-0.05, 0) is 12.5 Å². The van der Waals surface area contributed by atoms with Gasteiger partial charge < -0.3 is 15.5 Å². The van der Waals surface area contributed by atoms with Crippen LogP contribution in [-0.2, 0) is 4.79 Å². The summed E-state index contributed by atoms with van der Waals surface area (Å²) in [7, 11) is 0. The van der Waals surface area contributed by atoms with Gasteiger partial charge in [-0.15, -0.1) is 0 Å². The van der Waals surface area contributed by atoms with Crippen molar-refractivity contribution in [3.05, 3.63) is 46.7 Å². The molecule has 1 aromatic carbocycles. The van der Waals surface area contributed by atoms with Crippen molar-refractivity contribution in [2.24, 2.45) is 0 Å². The van der Waals surface area contributed by atoms with Crippen LogP contribution in [-0.4, -0.2) is 35.1 Å². The minimum atomic E-state index is -2.21. The summed E-state index contributed by atoms with van der Waals surface area (Å²) in [5.41, 5.74) is -2.24. The first-order valence-electron chi connectivity index (χ1n) is 5.96. The number of hydrogen-bond donors (Lipinski definition) is 3. The fraction of sp³-hybridized carbons (Fsp3) is 0.231. The Kier molecular flexibility index (Phi) is 6.05. The Morgan fingerprint density at radius 1 is 1.14 bits per heavy atom. The lowest BCUT2D eigenvalue weighted by Gasteiger charge is -2.07. The summed E-state index contributed by atoms with van der Waals surface area (Å²) in [6.07, 6.45) is 0.949. The molecule has 0 aromatic heterocycles. The molecule has 0 saturated heterocycles. The van der Waals surface area contributed by atoms with Crippen molar-refractivity contribution in [3.63, 3.8) is 0 Å². The highest BCUT2D eigenvalue weighted by Crippen LogP contribution is 2.21. The quantitative estimate of drug-likeness (QED) is 0.103. The molecule has 1 rings (SSSR count). The van der Waals surface area contributed by atoms with E-state index in [1.807, 2.05) is 0 Å². The average Bonchev–Trinajstić information content (AvgIpc) is 2.47. The van der Waals surface area contributed by atoms with Crippen LogP contribution >= 0.6 is 0 Å². The molecule has 120 valence electrons. The number of halogens is 4. The van der Waals surface area contributed by atoms with Gasteiger partial charge in [0.15, 0.2) is 23.3 Å². The zero-order chi connectivity index (χ0) is 16.9. The number of carboxylic acids is 1.